The monoisotopic (exact) mass is 487 g/mol. The summed E-state index contributed by atoms with van der Waals surface area (Å²) in [4.78, 5) is 26.3. The number of hydrogen-bond acceptors (Lipinski definition) is 9. The molecule has 2 aliphatic heterocycles. The Morgan fingerprint density at radius 1 is 1.03 bits per heavy atom. The van der Waals surface area contributed by atoms with Crippen LogP contribution in [0.2, 0.25) is 0 Å². The van der Waals surface area contributed by atoms with Gasteiger partial charge in [-0.05, 0) is 31.7 Å². The van der Waals surface area contributed by atoms with Crippen molar-refractivity contribution in [1.29, 1.82) is 0 Å². The molecule has 35 heavy (non-hydrogen) atoms. The summed E-state index contributed by atoms with van der Waals surface area (Å²) in [5, 5.41) is 4.53. The maximum atomic E-state index is 12.4. The van der Waals surface area contributed by atoms with Crippen LogP contribution in [0.1, 0.15) is 32.1 Å². The van der Waals surface area contributed by atoms with Crippen molar-refractivity contribution in [3.8, 4) is 11.5 Å². The number of nitrogens with zero attached hydrogens (tertiary/aromatic N) is 4. The van der Waals surface area contributed by atoms with E-state index >= 15 is 0 Å². The molecule has 0 aliphatic carbocycles. The lowest BCUT2D eigenvalue weighted by Crippen LogP contribution is -2.43. The second kappa shape index (κ2) is 11.7. The number of rotatable bonds is 9. The fourth-order valence-corrected chi connectivity index (χ4v) is 4.82. The standard InChI is InChI=1S/C25H37N5O5/c1-32-13-9-23(31)29-11-7-17(8-12-29)26-24-19-14-21(34-3)22(35-4)15-20(19)27-25(28-24)30-10-5-6-18(16-30)33-2/h14-15,17-18H,5-13,16H2,1-4H3,(H,26,27,28). The van der Waals surface area contributed by atoms with E-state index < -0.39 is 0 Å². The highest BCUT2D eigenvalue weighted by molar-refractivity contribution is 5.93. The Morgan fingerprint density at radius 2 is 1.77 bits per heavy atom. The quantitative estimate of drug-likeness (QED) is 0.572. The van der Waals surface area contributed by atoms with Gasteiger partial charge < -0.3 is 34.1 Å². The molecule has 2 fully saturated rings. The van der Waals surface area contributed by atoms with Gasteiger partial charge in [-0.1, -0.05) is 0 Å². The van der Waals surface area contributed by atoms with Crippen molar-refractivity contribution in [3.05, 3.63) is 12.1 Å². The summed E-state index contributed by atoms with van der Waals surface area (Å²) in [6.45, 7) is 3.54. The Morgan fingerprint density at radius 3 is 2.46 bits per heavy atom. The number of anilines is 2. The van der Waals surface area contributed by atoms with Gasteiger partial charge in [0.15, 0.2) is 11.5 Å². The first-order valence-corrected chi connectivity index (χ1v) is 12.3. The second-order valence-corrected chi connectivity index (χ2v) is 9.08. The summed E-state index contributed by atoms with van der Waals surface area (Å²) in [7, 11) is 6.63. The number of likely N-dealkylation sites (tertiary alicyclic amines) is 1. The molecule has 2 aromatic rings. The minimum Gasteiger partial charge on any atom is -0.493 e. The number of methoxy groups -OCH3 is 4. The van der Waals surface area contributed by atoms with Crippen LogP contribution in [-0.4, -0.2) is 94.1 Å². The lowest BCUT2D eigenvalue weighted by atomic mass is 10.0. The van der Waals surface area contributed by atoms with Crippen LogP contribution in [0, 0.1) is 0 Å². The van der Waals surface area contributed by atoms with Crippen LogP contribution in [-0.2, 0) is 14.3 Å². The van der Waals surface area contributed by atoms with Gasteiger partial charge in [0.05, 0.1) is 38.9 Å². The molecular formula is C25H37N5O5. The predicted molar refractivity (Wildman–Crippen MR) is 135 cm³/mol. The summed E-state index contributed by atoms with van der Waals surface area (Å²) in [5.74, 6) is 2.87. The molecule has 0 bridgehead atoms. The van der Waals surface area contributed by atoms with Crippen molar-refractivity contribution in [2.75, 3.05) is 71.4 Å². The van der Waals surface area contributed by atoms with Gasteiger partial charge in [0.2, 0.25) is 11.9 Å². The third kappa shape index (κ3) is 5.87. The molecule has 192 valence electrons. The van der Waals surface area contributed by atoms with Crippen LogP contribution < -0.4 is 19.7 Å². The number of amides is 1. The van der Waals surface area contributed by atoms with Gasteiger partial charge in [-0.3, -0.25) is 4.79 Å². The number of benzene rings is 1. The Balaban J connectivity index is 1.59. The molecule has 1 N–H and O–H groups in total. The molecule has 0 spiro atoms. The van der Waals surface area contributed by atoms with Gasteiger partial charge in [0, 0.05) is 57.9 Å². The Labute approximate surface area is 206 Å². The highest BCUT2D eigenvalue weighted by Gasteiger charge is 2.26. The first kappa shape index (κ1) is 25.2. The van der Waals surface area contributed by atoms with Crippen molar-refractivity contribution in [2.45, 2.75) is 44.2 Å². The van der Waals surface area contributed by atoms with E-state index in [1.54, 1.807) is 28.4 Å². The summed E-state index contributed by atoms with van der Waals surface area (Å²) >= 11 is 0. The molecule has 1 aromatic carbocycles. The predicted octanol–water partition coefficient (Wildman–Crippen LogP) is 2.70. The van der Waals surface area contributed by atoms with E-state index in [1.165, 1.54) is 0 Å². The normalized spacial score (nSPS) is 19.1. The van der Waals surface area contributed by atoms with Crippen LogP contribution in [0.3, 0.4) is 0 Å². The number of hydrogen-bond donors (Lipinski definition) is 1. The second-order valence-electron chi connectivity index (χ2n) is 9.08. The van der Waals surface area contributed by atoms with E-state index in [4.69, 9.17) is 28.9 Å². The maximum absolute atomic E-state index is 12.4. The lowest BCUT2D eigenvalue weighted by molar-refractivity contribution is -0.133. The molecular weight excluding hydrogens is 450 g/mol. The fraction of sp³-hybridized carbons (Fsp3) is 0.640. The minimum atomic E-state index is 0.148. The molecule has 0 saturated carbocycles. The minimum absolute atomic E-state index is 0.148. The van der Waals surface area contributed by atoms with Crippen LogP contribution in [0.5, 0.6) is 11.5 Å². The van der Waals surface area contributed by atoms with Crippen molar-refractivity contribution in [1.82, 2.24) is 14.9 Å². The number of carbonyl (C=O) groups excluding carboxylic acids is 1. The van der Waals surface area contributed by atoms with Crippen LogP contribution in [0.25, 0.3) is 10.9 Å². The van der Waals surface area contributed by atoms with E-state index in [9.17, 15) is 4.79 Å². The molecule has 4 rings (SSSR count). The molecule has 1 unspecified atom stereocenters. The zero-order chi connectivity index (χ0) is 24.8. The Kier molecular flexibility index (Phi) is 8.46. The largest absolute Gasteiger partial charge is 0.493 e. The molecule has 10 nitrogen and oxygen atoms in total. The molecule has 10 heteroatoms. The molecule has 0 radical (unpaired) electrons. The van der Waals surface area contributed by atoms with Crippen LogP contribution >= 0.6 is 0 Å². The van der Waals surface area contributed by atoms with Gasteiger partial charge in [0.1, 0.15) is 5.82 Å². The number of fused-ring (bicyclic) bond motifs is 1. The van der Waals surface area contributed by atoms with Gasteiger partial charge in [-0.2, -0.15) is 4.98 Å². The number of aromatic nitrogens is 2. The van der Waals surface area contributed by atoms with E-state index in [2.05, 4.69) is 10.2 Å². The smallest absolute Gasteiger partial charge is 0.227 e. The van der Waals surface area contributed by atoms with Gasteiger partial charge in [0.25, 0.3) is 0 Å². The van der Waals surface area contributed by atoms with Crippen molar-refractivity contribution < 1.29 is 23.7 Å². The van der Waals surface area contributed by atoms with Crippen LogP contribution in [0.4, 0.5) is 11.8 Å². The number of nitrogens with one attached hydrogen (secondary N) is 1. The Hall–Kier alpha value is -2.85. The van der Waals surface area contributed by atoms with Gasteiger partial charge >= 0.3 is 0 Å². The zero-order valence-corrected chi connectivity index (χ0v) is 21.2. The fourth-order valence-electron chi connectivity index (χ4n) is 4.82. The number of ether oxygens (including phenoxy) is 4. The van der Waals surface area contributed by atoms with Crippen molar-refractivity contribution in [2.24, 2.45) is 0 Å². The molecule has 1 atom stereocenters. The summed E-state index contributed by atoms with van der Waals surface area (Å²) < 4.78 is 21.7. The third-order valence-corrected chi connectivity index (χ3v) is 6.89. The molecule has 1 aromatic heterocycles. The van der Waals surface area contributed by atoms with Gasteiger partial charge in [-0.25, -0.2) is 4.98 Å². The zero-order valence-electron chi connectivity index (χ0n) is 21.2. The van der Waals surface area contributed by atoms with E-state index in [1.807, 2.05) is 17.0 Å². The van der Waals surface area contributed by atoms with E-state index in [0.29, 0.717) is 30.5 Å². The first-order valence-electron chi connectivity index (χ1n) is 12.3. The summed E-state index contributed by atoms with van der Waals surface area (Å²) in [6, 6.07) is 4.03. The van der Waals surface area contributed by atoms with Crippen LogP contribution in [0.15, 0.2) is 12.1 Å². The maximum Gasteiger partial charge on any atom is 0.227 e. The average Bonchev–Trinajstić information content (AvgIpc) is 2.91. The molecule has 3 heterocycles. The molecule has 1 amide bonds. The number of piperidine rings is 2. The molecule has 2 saturated heterocycles. The van der Waals surface area contributed by atoms with Crippen molar-refractivity contribution >= 4 is 28.6 Å². The van der Waals surface area contributed by atoms with E-state index in [-0.39, 0.29) is 18.1 Å². The highest BCUT2D eigenvalue weighted by Crippen LogP contribution is 2.36. The van der Waals surface area contributed by atoms with E-state index in [0.717, 1.165) is 68.6 Å². The third-order valence-electron chi connectivity index (χ3n) is 6.89. The topological polar surface area (TPSA) is 98.3 Å². The van der Waals surface area contributed by atoms with Gasteiger partial charge in [-0.15, -0.1) is 0 Å². The lowest BCUT2D eigenvalue weighted by Gasteiger charge is -2.34. The first-order chi connectivity index (χ1) is 17.1. The SMILES string of the molecule is COCCC(=O)N1CCC(Nc2nc(N3CCCC(OC)C3)nc3cc(OC)c(OC)cc23)CC1. The number of carbonyl (C=O) groups is 1. The average molecular weight is 488 g/mol. The summed E-state index contributed by atoms with van der Waals surface area (Å²) in [6.07, 6.45) is 4.37. The van der Waals surface area contributed by atoms with Crippen molar-refractivity contribution in [3.63, 3.8) is 0 Å². The Bertz CT molecular complexity index is 1010. The molecule has 2 aliphatic rings. The summed E-state index contributed by atoms with van der Waals surface area (Å²) in [5.41, 5.74) is 0.793. The highest BCUT2D eigenvalue weighted by atomic mass is 16.5.